The van der Waals surface area contributed by atoms with Gasteiger partial charge in [-0.25, -0.2) is 0 Å². The summed E-state index contributed by atoms with van der Waals surface area (Å²) in [4.78, 5) is 15.0. The highest BCUT2D eigenvalue weighted by atomic mass is 16.5. The highest BCUT2D eigenvalue weighted by Gasteiger charge is 2.23. The van der Waals surface area contributed by atoms with Crippen molar-refractivity contribution in [3.8, 4) is 0 Å². The molecule has 2 aromatic carbocycles. The number of amides is 1. The lowest BCUT2D eigenvalue weighted by molar-refractivity contribution is 0.0162. The first kappa shape index (κ1) is 18.6. The number of carbonyl (C=O) groups excluding carboxylic acids is 1. The number of ether oxygens (including phenoxy) is 1. The second-order valence-corrected chi connectivity index (χ2v) is 7.08. The summed E-state index contributed by atoms with van der Waals surface area (Å²) in [6.07, 6.45) is 0. The molecule has 1 heterocycles. The minimum Gasteiger partial charge on any atom is -0.379 e. The zero-order valence-electron chi connectivity index (χ0n) is 15.9. The monoisotopic (exact) mass is 352 g/mol. The molecule has 1 fully saturated rings. The van der Waals surface area contributed by atoms with Gasteiger partial charge in [-0.1, -0.05) is 35.9 Å². The van der Waals surface area contributed by atoms with Crippen LogP contribution in [0.2, 0.25) is 0 Å². The smallest absolute Gasteiger partial charge is 0.251 e. The van der Waals surface area contributed by atoms with Crippen molar-refractivity contribution in [2.24, 2.45) is 0 Å². The van der Waals surface area contributed by atoms with Gasteiger partial charge in [0.15, 0.2) is 0 Å². The summed E-state index contributed by atoms with van der Waals surface area (Å²) in [5.41, 5.74) is 5.54. The lowest BCUT2D eigenvalue weighted by Crippen LogP contribution is -2.43. The van der Waals surface area contributed by atoms with Gasteiger partial charge in [0.25, 0.3) is 5.91 Å². The molecule has 1 amide bonds. The highest BCUT2D eigenvalue weighted by molar-refractivity contribution is 5.94. The summed E-state index contributed by atoms with van der Waals surface area (Å²) in [5.74, 6) is -0.0153. The largest absolute Gasteiger partial charge is 0.379 e. The van der Waals surface area contributed by atoms with E-state index in [-0.39, 0.29) is 11.9 Å². The van der Waals surface area contributed by atoms with Gasteiger partial charge < -0.3 is 10.1 Å². The first-order chi connectivity index (χ1) is 12.5. The van der Waals surface area contributed by atoms with Crippen molar-refractivity contribution in [1.82, 2.24) is 10.2 Å². The zero-order valence-corrected chi connectivity index (χ0v) is 15.9. The summed E-state index contributed by atoms with van der Waals surface area (Å²) < 4.78 is 5.50. The molecule has 2 aromatic rings. The SMILES string of the molecule is Cc1ccc([C@H](CNC(=O)c2ccc(C)c(C)c2)N2CCOCC2)cc1. The van der Waals surface area contributed by atoms with Crippen molar-refractivity contribution in [3.63, 3.8) is 0 Å². The molecule has 0 unspecified atom stereocenters. The maximum absolute atomic E-state index is 12.6. The maximum Gasteiger partial charge on any atom is 0.251 e. The molecule has 4 nitrogen and oxygen atoms in total. The number of morpholine rings is 1. The van der Waals surface area contributed by atoms with Gasteiger partial charge in [-0.2, -0.15) is 0 Å². The van der Waals surface area contributed by atoms with Gasteiger partial charge in [-0.15, -0.1) is 0 Å². The van der Waals surface area contributed by atoms with E-state index in [9.17, 15) is 4.79 Å². The number of hydrogen-bond acceptors (Lipinski definition) is 3. The van der Waals surface area contributed by atoms with E-state index in [1.165, 1.54) is 16.7 Å². The van der Waals surface area contributed by atoms with E-state index in [4.69, 9.17) is 4.74 Å². The Labute approximate surface area is 156 Å². The summed E-state index contributed by atoms with van der Waals surface area (Å²) in [5, 5.41) is 3.13. The molecule has 1 atom stereocenters. The van der Waals surface area contributed by atoms with Crippen LogP contribution in [0.15, 0.2) is 42.5 Å². The molecule has 3 rings (SSSR count). The van der Waals surface area contributed by atoms with Crippen LogP contribution in [0.1, 0.15) is 38.7 Å². The number of nitrogens with zero attached hydrogens (tertiary/aromatic N) is 1. The third-order valence-corrected chi connectivity index (χ3v) is 5.17. The van der Waals surface area contributed by atoms with Crippen LogP contribution < -0.4 is 5.32 Å². The Morgan fingerprint density at radius 3 is 2.38 bits per heavy atom. The second kappa shape index (κ2) is 8.47. The fraction of sp³-hybridized carbons (Fsp3) is 0.409. The van der Waals surface area contributed by atoms with Gasteiger partial charge in [-0.3, -0.25) is 9.69 Å². The number of aryl methyl sites for hydroxylation is 3. The Morgan fingerprint density at radius 1 is 1.04 bits per heavy atom. The fourth-order valence-electron chi connectivity index (χ4n) is 3.31. The quantitative estimate of drug-likeness (QED) is 0.896. The highest BCUT2D eigenvalue weighted by Crippen LogP contribution is 2.22. The zero-order chi connectivity index (χ0) is 18.5. The van der Waals surface area contributed by atoms with E-state index in [1.54, 1.807) is 0 Å². The van der Waals surface area contributed by atoms with E-state index in [2.05, 4.69) is 48.3 Å². The summed E-state index contributed by atoms with van der Waals surface area (Å²) in [6.45, 7) is 10.0. The van der Waals surface area contributed by atoms with Crippen LogP contribution in [0.25, 0.3) is 0 Å². The number of hydrogen-bond donors (Lipinski definition) is 1. The topological polar surface area (TPSA) is 41.6 Å². The van der Waals surface area contributed by atoms with Crippen LogP contribution in [0, 0.1) is 20.8 Å². The fourth-order valence-corrected chi connectivity index (χ4v) is 3.31. The number of carbonyl (C=O) groups is 1. The Kier molecular flexibility index (Phi) is 6.07. The van der Waals surface area contributed by atoms with Gasteiger partial charge in [0, 0.05) is 25.2 Å². The molecule has 1 N–H and O–H groups in total. The summed E-state index contributed by atoms with van der Waals surface area (Å²) in [7, 11) is 0. The molecular formula is C22H28N2O2. The predicted molar refractivity (Wildman–Crippen MR) is 105 cm³/mol. The standard InChI is InChI=1S/C22H28N2O2/c1-16-4-7-19(8-5-16)21(24-10-12-26-13-11-24)15-23-22(25)20-9-6-17(2)18(3)14-20/h4-9,14,21H,10-13,15H2,1-3H3,(H,23,25)/t21-/m0/s1. The molecular weight excluding hydrogens is 324 g/mol. The normalized spacial score (nSPS) is 16.3. The van der Waals surface area contributed by atoms with Crippen LogP contribution in [0.4, 0.5) is 0 Å². The summed E-state index contributed by atoms with van der Waals surface area (Å²) >= 11 is 0. The molecule has 0 aliphatic carbocycles. The molecule has 0 spiro atoms. The van der Waals surface area contributed by atoms with Gasteiger partial charge in [0.05, 0.1) is 19.3 Å². The van der Waals surface area contributed by atoms with Crippen LogP contribution in [-0.2, 0) is 4.74 Å². The van der Waals surface area contributed by atoms with Crippen molar-refractivity contribution in [1.29, 1.82) is 0 Å². The van der Waals surface area contributed by atoms with E-state index in [0.717, 1.165) is 37.4 Å². The van der Waals surface area contributed by atoms with Crippen LogP contribution in [0.5, 0.6) is 0 Å². The molecule has 0 saturated carbocycles. The Bertz CT molecular complexity index is 749. The van der Waals surface area contributed by atoms with Crippen LogP contribution in [-0.4, -0.2) is 43.7 Å². The van der Waals surface area contributed by atoms with Crippen molar-refractivity contribution in [2.45, 2.75) is 26.8 Å². The third-order valence-electron chi connectivity index (χ3n) is 5.17. The van der Waals surface area contributed by atoms with Crippen LogP contribution >= 0.6 is 0 Å². The minimum atomic E-state index is -0.0153. The molecule has 0 aromatic heterocycles. The number of nitrogens with one attached hydrogen (secondary N) is 1. The molecule has 1 saturated heterocycles. The lowest BCUT2D eigenvalue weighted by atomic mass is 10.0. The molecule has 26 heavy (non-hydrogen) atoms. The Hall–Kier alpha value is -2.17. The van der Waals surface area contributed by atoms with Gasteiger partial charge in [-0.05, 0) is 49.6 Å². The molecule has 1 aliphatic heterocycles. The first-order valence-electron chi connectivity index (χ1n) is 9.28. The van der Waals surface area contributed by atoms with Crippen molar-refractivity contribution in [2.75, 3.05) is 32.8 Å². The number of benzene rings is 2. The minimum absolute atomic E-state index is 0.0153. The van der Waals surface area contributed by atoms with E-state index in [1.807, 2.05) is 25.1 Å². The van der Waals surface area contributed by atoms with Crippen molar-refractivity contribution in [3.05, 3.63) is 70.3 Å². The molecule has 0 radical (unpaired) electrons. The lowest BCUT2D eigenvalue weighted by Gasteiger charge is -2.35. The van der Waals surface area contributed by atoms with E-state index >= 15 is 0 Å². The summed E-state index contributed by atoms with van der Waals surface area (Å²) in [6, 6.07) is 14.6. The molecule has 1 aliphatic rings. The average Bonchev–Trinajstić information content (AvgIpc) is 2.66. The Balaban J connectivity index is 1.73. The van der Waals surface area contributed by atoms with Crippen molar-refractivity contribution >= 4 is 5.91 Å². The van der Waals surface area contributed by atoms with Crippen molar-refractivity contribution < 1.29 is 9.53 Å². The predicted octanol–water partition coefficient (Wildman–Crippen LogP) is 3.42. The van der Waals surface area contributed by atoms with E-state index < -0.39 is 0 Å². The Morgan fingerprint density at radius 2 is 1.73 bits per heavy atom. The van der Waals surface area contributed by atoms with E-state index in [0.29, 0.717) is 6.54 Å². The third kappa shape index (κ3) is 4.51. The molecule has 4 heteroatoms. The van der Waals surface area contributed by atoms with Gasteiger partial charge in [0.2, 0.25) is 0 Å². The second-order valence-electron chi connectivity index (χ2n) is 7.08. The average molecular weight is 352 g/mol. The first-order valence-corrected chi connectivity index (χ1v) is 9.28. The van der Waals surface area contributed by atoms with Crippen LogP contribution in [0.3, 0.4) is 0 Å². The van der Waals surface area contributed by atoms with Gasteiger partial charge >= 0.3 is 0 Å². The van der Waals surface area contributed by atoms with Gasteiger partial charge in [0.1, 0.15) is 0 Å². The number of rotatable bonds is 5. The maximum atomic E-state index is 12.6. The molecule has 138 valence electrons. The molecule has 0 bridgehead atoms.